The molecule has 0 radical (unpaired) electrons. The molecule has 1 amide bonds. The molecule has 25 heavy (non-hydrogen) atoms. The monoisotopic (exact) mass is 366 g/mol. The van der Waals surface area contributed by atoms with E-state index in [4.69, 9.17) is 20.8 Å². The number of ether oxygens (including phenoxy) is 2. The van der Waals surface area contributed by atoms with Crippen LogP contribution >= 0.6 is 11.6 Å². The second kappa shape index (κ2) is 9.19. The summed E-state index contributed by atoms with van der Waals surface area (Å²) in [6.45, 7) is 1.03. The van der Waals surface area contributed by atoms with Crippen molar-refractivity contribution in [3.63, 3.8) is 0 Å². The number of nitrogens with zero attached hydrogens (tertiary/aromatic N) is 2. The number of methoxy groups -OCH3 is 2. The van der Waals surface area contributed by atoms with E-state index in [2.05, 4.69) is 9.72 Å². The number of carbonyl (C=O) groups is 2. The average molecular weight is 367 g/mol. The van der Waals surface area contributed by atoms with Gasteiger partial charge in [-0.1, -0.05) is 23.7 Å². The molecule has 0 bridgehead atoms. The molecule has 0 spiro atoms. The number of hydrogen-bond donors (Lipinski definition) is 0. The third-order valence-corrected chi connectivity index (χ3v) is 3.77. The number of esters is 1. The Morgan fingerprint density at radius 1 is 1.28 bits per heavy atom. The summed E-state index contributed by atoms with van der Waals surface area (Å²) in [5, 5.41) is 0.367. The molecule has 7 nitrogen and oxygen atoms in total. The highest BCUT2D eigenvalue weighted by molar-refractivity contribution is 6.33. The fourth-order valence-corrected chi connectivity index (χ4v) is 2.42. The first-order chi connectivity index (χ1) is 12.1. The number of oxazole rings is 1. The van der Waals surface area contributed by atoms with Gasteiger partial charge in [-0.2, -0.15) is 0 Å². The van der Waals surface area contributed by atoms with E-state index in [1.54, 1.807) is 36.3 Å². The summed E-state index contributed by atoms with van der Waals surface area (Å²) in [7, 11) is 2.85. The third kappa shape index (κ3) is 5.04. The average Bonchev–Trinajstić information content (AvgIpc) is 3.09. The molecular weight excluding hydrogens is 348 g/mol. The van der Waals surface area contributed by atoms with Crippen LogP contribution in [0.4, 0.5) is 0 Å². The van der Waals surface area contributed by atoms with Crippen LogP contribution in [0.3, 0.4) is 0 Å². The van der Waals surface area contributed by atoms with Crippen LogP contribution in [0.5, 0.6) is 0 Å². The van der Waals surface area contributed by atoms with Gasteiger partial charge < -0.3 is 18.8 Å². The van der Waals surface area contributed by atoms with Gasteiger partial charge in [-0.15, -0.1) is 0 Å². The molecule has 2 aromatic rings. The predicted molar refractivity (Wildman–Crippen MR) is 90.5 cm³/mol. The minimum atomic E-state index is -0.599. The Bertz CT molecular complexity index is 731. The van der Waals surface area contributed by atoms with Gasteiger partial charge in [0.05, 0.1) is 24.2 Å². The molecule has 0 saturated heterocycles. The molecule has 0 saturated carbocycles. The Morgan fingerprint density at radius 2 is 2.04 bits per heavy atom. The molecule has 8 heteroatoms. The largest absolute Gasteiger partial charge is 0.464 e. The van der Waals surface area contributed by atoms with Crippen LogP contribution in [0.1, 0.15) is 33.2 Å². The first-order valence-corrected chi connectivity index (χ1v) is 8.00. The number of carbonyl (C=O) groups excluding carboxylic acids is 2. The lowest BCUT2D eigenvalue weighted by molar-refractivity contribution is 0.0594. The zero-order valence-electron chi connectivity index (χ0n) is 14.0. The molecule has 134 valence electrons. The number of amides is 1. The number of halogens is 1. The van der Waals surface area contributed by atoms with Gasteiger partial charge in [-0.25, -0.2) is 9.78 Å². The highest BCUT2D eigenvalue weighted by Gasteiger charge is 2.21. The zero-order valence-corrected chi connectivity index (χ0v) is 14.8. The molecular formula is C17H19ClN2O5. The molecule has 0 unspecified atom stereocenters. The summed E-state index contributed by atoms with van der Waals surface area (Å²) in [4.78, 5) is 29.9. The molecule has 1 aromatic heterocycles. The summed E-state index contributed by atoms with van der Waals surface area (Å²) in [5.74, 6) is -0.615. The lowest BCUT2D eigenvalue weighted by Crippen LogP contribution is -2.32. The van der Waals surface area contributed by atoms with Crippen molar-refractivity contribution < 1.29 is 23.5 Å². The number of aromatic nitrogens is 1. The molecule has 0 aliphatic rings. The second-order valence-corrected chi connectivity index (χ2v) is 5.58. The van der Waals surface area contributed by atoms with Gasteiger partial charge in [0.15, 0.2) is 5.69 Å². The van der Waals surface area contributed by atoms with Gasteiger partial charge in [-0.3, -0.25) is 4.79 Å². The summed E-state index contributed by atoms with van der Waals surface area (Å²) >= 11 is 6.12. The van der Waals surface area contributed by atoms with E-state index in [0.29, 0.717) is 30.2 Å². The van der Waals surface area contributed by atoms with E-state index in [0.717, 1.165) is 0 Å². The summed E-state index contributed by atoms with van der Waals surface area (Å²) in [6.07, 6.45) is 1.84. The van der Waals surface area contributed by atoms with E-state index in [1.807, 2.05) is 0 Å². The van der Waals surface area contributed by atoms with E-state index in [-0.39, 0.29) is 24.0 Å². The molecule has 0 aliphatic carbocycles. The molecule has 1 aromatic carbocycles. The van der Waals surface area contributed by atoms with Gasteiger partial charge in [0, 0.05) is 20.3 Å². The Kier molecular flexibility index (Phi) is 6.97. The van der Waals surface area contributed by atoms with Crippen molar-refractivity contribution in [2.24, 2.45) is 0 Å². The lowest BCUT2D eigenvalue weighted by atomic mass is 10.2. The molecule has 0 aliphatic heterocycles. The first-order valence-electron chi connectivity index (χ1n) is 7.62. The maximum atomic E-state index is 12.8. The van der Waals surface area contributed by atoms with Crippen LogP contribution in [0.25, 0.3) is 0 Å². The molecule has 0 fully saturated rings. The predicted octanol–water partition coefficient (Wildman–Crippen LogP) is 2.79. The molecule has 1 heterocycles. The van der Waals surface area contributed by atoms with Gasteiger partial charge in [-0.05, 0) is 18.6 Å². The summed E-state index contributed by atoms with van der Waals surface area (Å²) in [6, 6.07) is 6.81. The van der Waals surface area contributed by atoms with Crippen molar-refractivity contribution in [3.8, 4) is 0 Å². The smallest absolute Gasteiger partial charge is 0.360 e. The summed E-state index contributed by atoms with van der Waals surface area (Å²) in [5.41, 5.74) is 0.445. The van der Waals surface area contributed by atoms with Gasteiger partial charge >= 0.3 is 5.97 Å². The maximum absolute atomic E-state index is 12.8. The van der Waals surface area contributed by atoms with Crippen molar-refractivity contribution >= 4 is 23.5 Å². The van der Waals surface area contributed by atoms with Gasteiger partial charge in [0.1, 0.15) is 6.26 Å². The molecule has 0 atom stereocenters. The van der Waals surface area contributed by atoms with Gasteiger partial charge in [0.25, 0.3) is 5.91 Å². The van der Waals surface area contributed by atoms with Crippen LogP contribution in [0, 0.1) is 0 Å². The normalized spacial score (nSPS) is 10.5. The standard InChI is InChI=1S/C17H19ClN2O5/c1-23-9-5-8-20(16(21)12-6-3-4-7-13(12)18)10-15-19-14(11-25-15)17(22)24-2/h3-4,6-7,11H,5,8-10H2,1-2H3. The fraction of sp³-hybridized carbons (Fsp3) is 0.353. The van der Waals surface area contributed by atoms with Crippen LogP contribution in [0.2, 0.25) is 5.02 Å². The van der Waals surface area contributed by atoms with Crippen molar-refractivity contribution in [1.29, 1.82) is 0 Å². The number of hydrogen-bond acceptors (Lipinski definition) is 6. The minimum absolute atomic E-state index is 0.0551. The lowest BCUT2D eigenvalue weighted by Gasteiger charge is -2.21. The van der Waals surface area contributed by atoms with E-state index in [9.17, 15) is 9.59 Å². The maximum Gasteiger partial charge on any atom is 0.360 e. The second-order valence-electron chi connectivity index (χ2n) is 5.17. The number of benzene rings is 1. The van der Waals surface area contributed by atoms with Crippen molar-refractivity contribution in [1.82, 2.24) is 9.88 Å². The third-order valence-electron chi connectivity index (χ3n) is 3.44. The quantitative estimate of drug-likeness (QED) is 0.527. The van der Waals surface area contributed by atoms with Crippen LogP contribution in [-0.2, 0) is 16.0 Å². The number of rotatable bonds is 8. The zero-order chi connectivity index (χ0) is 18.2. The highest BCUT2D eigenvalue weighted by Crippen LogP contribution is 2.19. The van der Waals surface area contributed by atoms with E-state index in [1.165, 1.54) is 13.4 Å². The summed E-state index contributed by atoms with van der Waals surface area (Å²) < 4.78 is 14.9. The fourth-order valence-electron chi connectivity index (χ4n) is 2.20. The van der Waals surface area contributed by atoms with Crippen molar-refractivity contribution in [2.75, 3.05) is 27.4 Å². The SMILES string of the molecule is COCCCN(Cc1nc(C(=O)OC)co1)C(=O)c1ccccc1Cl. The van der Waals surface area contributed by atoms with Crippen LogP contribution in [-0.4, -0.2) is 49.1 Å². The van der Waals surface area contributed by atoms with Gasteiger partial charge in [0.2, 0.25) is 5.89 Å². The Labute approximate surface area is 150 Å². The molecule has 0 N–H and O–H groups in total. The first kappa shape index (κ1) is 19.0. The van der Waals surface area contributed by atoms with E-state index < -0.39 is 5.97 Å². The van der Waals surface area contributed by atoms with E-state index >= 15 is 0 Å². The highest BCUT2D eigenvalue weighted by atomic mass is 35.5. The van der Waals surface area contributed by atoms with Crippen molar-refractivity contribution in [3.05, 3.63) is 52.7 Å². The van der Waals surface area contributed by atoms with Crippen molar-refractivity contribution in [2.45, 2.75) is 13.0 Å². The Hall–Kier alpha value is -2.38. The minimum Gasteiger partial charge on any atom is -0.464 e. The Balaban J connectivity index is 2.17. The Morgan fingerprint density at radius 3 is 2.72 bits per heavy atom. The van der Waals surface area contributed by atoms with Crippen LogP contribution < -0.4 is 0 Å². The topological polar surface area (TPSA) is 81.9 Å². The van der Waals surface area contributed by atoms with Crippen LogP contribution in [0.15, 0.2) is 34.9 Å². The molecule has 2 rings (SSSR count).